The number of methoxy groups -OCH3 is 2. The summed E-state index contributed by atoms with van der Waals surface area (Å²) in [5, 5.41) is 0. The summed E-state index contributed by atoms with van der Waals surface area (Å²) < 4.78 is 39.1. The van der Waals surface area contributed by atoms with E-state index in [1.165, 1.54) is 0 Å². The van der Waals surface area contributed by atoms with Gasteiger partial charge in [0.15, 0.2) is 23.0 Å². The third kappa shape index (κ3) is 8.19. The second-order valence-corrected chi connectivity index (χ2v) is 5.85. The van der Waals surface area contributed by atoms with E-state index in [0.717, 1.165) is 0 Å². The van der Waals surface area contributed by atoms with E-state index in [0.29, 0.717) is 56.0 Å². The number of hydrogen-bond donors (Lipinski definition) is 0. The first-order valence-electron chi connectivity index (χ1n) is 9.61. The van der Waals surface area contributed by atoms with E-state index in [-0.39, 0.29) is 6.61 Å². The molecule has 7 nitrogen and oxygen atoms in total. The highest BCUT2D eigenvalue weighted by Gasteiger charge is 2.17. The summed E-state index contributed by atoms with van der Waals surface area (Å²) in [6, 6.07) is 14.7. The van der Waals surface area contributed by atoms with E-state index < -0.39 is 6.29 Å². The monoisotopic (exact) mass is 406 g/mol. The summed E-state index contributed by atoms with van der Waals surface area (Å²) in [6.07, 6.45) is -0.703. The summed E-state index contributed by atoms with van der Waals surface area (Å²) in [5.41, 5.74) is 0. The van der Waals surface area contributed by atoms with Crippen LogP contribution in [-0.2, 0) is 14.2 Å². The van der Waals surface area contributed by atoms with Crippen LogP contribution in [0.3, 0.4) is 0 Å². The van der Waals surface area contributed by atoms with Crippen LogP contribution in [0.2, 0.25) is 0 Å². The molecule has 0 amide bonds. The van der Waals surface area contributed by atoms with Gasteiger partial charge in [0.05, 0.1) is 40.6 Å². The minimum absolute atomic E-state index is 0.199. The van der Waals surface area contributed by atoms with Gasteiger partial charge in [-0.05, 0) is 31.2 Å². The third-order valence-corrected chi connectivity index (χ3v) is 3.86. The van der Waals surface area contributed by atoms with Crippen LogP contribution in [0.15, 0.2) is 48.5 Å². The van der Waals surface area contributed by atoms with Gasteiger partial charge in [0.25, 0.3) is 6.29 Å². The predicted molar refractivity (Wildman–Crippen MR) is 109 cm³/mol. The van der Waals surface area contributed by atoms with Crippen LogP contribution in [-0.4, -0.2) is 60.2 Å². The van der Waals surface area contributed by atoms with Gasteiger partial charge in [-0.1, -0.05) is 24.3 Å². The van der Waals surface area contributed by atoms with Gasteiger partial charge in [-0.25, -0.2) is 0 Å². The maximum Gasteiger partial charge on any atom is 0.264 e. The molecule has 0 fully saturated rings. The second-order valence-electron chi connectivity index (χ2n) is 5.85. The Bertz CT molecular complexity index is 643. The smallest absolute Gasteiger partial charge is 0.264 e. The maximum atomic E-state index is 6.01. The minimum Gasteiger partial charge on any atom is -0.493 e. The van der Waals surface area contributed by atoms with E-state index in [9.17, 15) is 0 Å². The maximum absolute atomic E-state index is 6.01. The van der Waals surface area contributed by atoms with Crippen LogP contribution < -0.4 is 18.9 Å². The molecule has 0 aliphatic heterocycles. The van der Waals surface area contributed by atoms with E-state index >= 15 is 0 Å². The largest absolute Gasteiger partial charge is 0.493 e. The lowest BCUT2D eigenvalue weighted by atomic mass is 10.3. The molecule has 2 aromatic carbocycles. The van der Waals surface area contributed by atoms with E-state index in [4.69, 9.17) is 33.2 Å². The second kappa shape index (κ2) is 13.7. The molecule has 0 radical (unpaired) electrons. The molecule has 0 spiro atoms. The molecular formula is C22H30O7. The van der Waals surface area contributed by atoms with Crippen molar-refractivity contribution in [3.8, 4) is 23.0 Å². The Hall–Kier alpha value is -2.48. The van der Waals surface area contributed by atoms with Gasteiger partial charge in [-0.2, -0.15) is 0 Å². The molecule has 7 heteroatoms. The molecule has 2 aromatic rings. The van der Waals surface area contributed by atoms with Crippen molar-refractivity contribution >= 4 is 0 Å². The van der Waals surface area contributed by atoms with Gasteiger partial charge < -0.3 is 33.2 Å². The lowest BCUT2D eigenvalue weighted by Gasteiger charge is -2.22. The van der Waals surface area contributed by atoms with Crippen LogP contribution in [0.4, 0.5) is 0 Å². The fourth-order valence-corrected chi connectivity index (χ4v) is 2.47. The fourth-order valence-electron chi connectivity index (χ4n) is 2.47. The molecule has 0 saturated heterocycles. The lowest BCUT2D eigenvalue weighted by molar-refractivity contribution is -0.0722. The average molecular weight is 406 g/mol. The van der Waals surface area contributed by atoms with Gasteiger partial charge in [0.1, 0.15) is 6.61 Å². The van der Waals surface area contributed by atoms with Gasteiger partial charge in [0, 0.05) is 6.61 Å². The molecule has 0 unspecified atom stereocenters. The first-order valence-corrected chi connectivity index (χ1v) is 9.61. The normalized spacial score (nSPS) is 10.8. The quantitative estimate of drug-likeness (QED) is 0.331. The van der Waals surface area contributed by atoms with Crippen LogP contribution in [0.1, 0.15) is 6.92 Å². The van der Waals surface area contributed by atoms with Crippen molar-refractivity contribution in [3.63, 3.8) is 0 Å². The van der Waals surface area contributed by atoms with E-state index in [1.807, 2.05) is 55.5 Å². The molecule has 0 aliphatic rings. The van der Waals surface area contributed by atoms with Crippen molar-refractivity contribution < 1.29 is 33.2 Å². The Kier molecular flexibility index (Phi) is 10.7. The van der Waals surface area contributed by atoms with Crippen molar-refractivity contribution in [1.82, 2.24) is 0 Å². The zero-order chi connectivity index (χ0) is 20.7. The molecule has 2 rings (SSSR count). The van der Waals surface area contributed by atoms with Gasteiger partial charge in [-0.15, -0.1) is 0 Å². The Morgan fingerprint density at radius 3 is 1.55 bits per heavy atom. The number of benzene rings is 2. The molecule has 0 heterocycles. The van der Waals surface area contributed by atoms with Crippen molar-refractivity contribution in [3.05, 3.63) is 48.5 Å². The topological polar surface area (TPSA) is 64.6 Å². The highest BCUT2D eigenvalue weighted by molar-refractivity contribution is 5.41. The lowest BCUT2D eigenvalue weighted by Crippen LogP contribution is -2.30. The predicted octanol–water partition coefficient (Wildman–Crippen LogP) is 3.56. The standard InChI is InChI=1S/C22H30O7/c1-4-25-13-14-26-15-16-27-17-22(28-20-11-7-5-9-18(20)23-2)29-21-12-8-6-10-19(21)24-3/h5-12,22H,4,13-17H2,1-3H3. The molecule has 0 N–H and O–H groups in total. The van der Waals surface area contributed by atoms with Crippen LogP contribution in [0.5, 0.6) is 23.0 Å². The third-order valence-electron chi connectivity index (χ3n) is 3.86. The zero-order valence-corrected chi connectivity index (χ0v) is 17.3. The van der Waals surface area contributed by atoms with E-state index in [2.05, 4.69) is 0 Å². The van der Waals surface area contributed by atoms with Crippen molar-refractivity contribution in [1.29, 1.82) is 0 Å². The fraction of sp³-hybridized carbons (Fsp3) is 0.455. The molecule has 0 aromatic heterocycles. The number of para-hydroxylation sites is 4. The highest BCUT2D eigenvalue weighted by atomic mass is 16.7. The molecule has 0 saturated carbocycles. The Balaban J connectivity index is 1.94. The molecular weight excluding hydrogens is 376 g/mol. The van der Waals surface area contributed by atoms with Crippen LogP contribution in [0, 0.1) is 0 Å². The summed E-state index contributed by atoms with van der Waals surface area (Å²) in [4.78, 5) is 0. The van der Waals surface area contributed by atoms with Crippen LogP contribution >= 0.6 is 0 Å². The highest BCUT2D eigenvalue weighted by Crippen LogP contribution is 2.30. The molecule has 0 aliphatic carbocycles. The summed E-state index contributed by atoms with van der Waals surface area (Å²) >= 11 is 0. The first kappa shape index (κ1) is 22.8. The summed E-state index contributed by atoms with van der Waals surface area (Å²) in [7, 11) is 3.18. The van der Waals surface area contributed by atoms with Gasteiger partial charge >= 0.3 is 0 Å². The van der Waals surface area contributed by atoms with Crippen molar-refractivity contribution in [2.24, 2.45) is 0 Å². The Labute approximate surface area is 172 Å². The SMILES string of the molecule is CCOCCOCCOCC(Oc1ccccc1OC)Oc1ccccc1OC. The number of ether oxygens (including phenoxy) is 7. The van der Waals surface area contributed by atoms with Crippen molar-refractivity contribution in [2.75, 3.05) is 53.9 Å². The molecule has 0 atom stereocenters. The Morgan fingerprint density at radius 1 is 0.621 bits per heavy atom. The zero-order valence-electron chi connectivity index (χ0n) is 17.3. The van der Waals surface area contributed by atoms with Crippen LogP contribution in [0.25, 0.3) is 0 Å². The first-order chi connectivity index (χ1) is 14.3. The van der Waals surface area contributed by atoms with Crippen molar-refractivity contribution in [2.45, 2.75) is 13.2 Å². The average Bonchev–Trinajstić information content (AvgIpc) is 2.76. The van der Waals surface area contributed by atoms with Gasteiger partial charge in [0.2, 0.25) is 0 Å². The minimum atomic E-state index is -0.703. The molecule has 29 heavy (non-hydrogen) atoms. The summed E-state index contributed by atoms with van der Waals surface area (Å²) in [5.74, 6) is 2.35. The summed E-state index contributed by atoms with van der Waals surface area (Å²) in [6.45, 7) is 4.82. The number of hydrogen-bond acceptors (Lipinski definition) is 7. The van der Waals surface area contributed by atoms with Gasteiger partial charge in [-0.3, -0.25) is 0 Å². The Morgan fingerprint density at radius 2 is 1.07 bits per heavy atom. The molecule has 160 valence electrons. The number of rotatable bonds is 15. The van der Waals surface area contributed by atoms with E-state index in [1.54, 1.807) is 14.2 Å². The molecule has 0 bridgehead atoms.